The number of sulfonamides is 1. The van der Waals surface area contributed by atoms with Gasteiger partial charge in [-0.05, 0) is 68.1 Å². The van der Waals surface area contributed by atoms with Crippen molar-refractivity contribution >= 4 is 21.7 Å². The number of halogens is 1. The van der Waals surface area contributed by atoms with Gasteiger partial charge in [-0.15, -0.1) is 0 Å². The summed E-state index contributed by atoms with van der Waals surface area (Å²) in [5.41, 5.74) is 2.34. The topological polar surface area (TPSA) is 87.2 Å². The number of hydrogen-bond acceptors (Lipinski definition) is 5. The Morgan fingerprint density at radius 3 is 2.34 bits per heavy atom. The van der Waals surface area contributed by atoms with Gasteiger partial charge in [-0.2, -0.15) is 4.31 Å². The van der Waals surface area contributed by atoms with Crippen LogP contribution in [0.5, 0.6) is 5.75 Å². The average molecular weight is 463 g/mol. The number of carboxylic acids is 1. The molecule has 1 aliphatic carbocycles. The molecule has 0 saturated carbocycles. The summed E-state index contributed by atoms with van der Waals surface area (Å²) in [6.07, 6.45) is 0.588. The SMILES string of the molecule is C[C@@H]1CN(c2ccc(OCF)cc2)C[C@H](C)N1S(=O)(=O)c1cccc2c1CC(C(=O)O)C2. The molecule has 0 bridgehead atoms. The maximum absolute atomic E-state index is 13.7. The van der Waals surface area contributed by atoms with Crippen molar-refractivity contribution in [2.75, 3.05) is 24.9 Å². The maximum Gasteiger partial charge on any atom is 0.307 e. The zero-order valence-corrected chi connectivity index (χ0v) is 18.9. The van der Waals surface area contributed by atoms with Gasteiger partial charge in [-0.25, -0.2) is 12.8 Å². The van der Waals surface area contributed by atoms with Gasteiger partial charge in [0.1, 0.15) is 5.75 Å². The summed E-state index contributed by atoms with van der Waals surface area (Å²) in [5.74, 6) is -1.05. The smallest absolute Gasteiger partial charge is 0.307 e. The van der Waals surface area contributed by atoms with Crippen molar-refractivity contribution in [2.24, 2.45) is 5.92 Å². The molecule has 172 valence electrons. The number of anilines is 1. The lowest BCUT2D eigenvalue weighted by atomic mass is 10.1. The Bertz CT molecular complexity index is 1090. The summed E-state index contributed by atoms with van der Waals surface area (Å²) in [6.45, 7) is 3.87. The van der Waals surface area contributed by atoms with Crippen molar-refractivity contribution < 1.29 is 27.4 Å². The summed E-state index contributed by atoms with van der Waals surface area (Å²) in [5, 5.41) is 9.40. The lowest BCUT2D eigenvalue weighted by molar-refractivity contribution is -0.141. The van der Waals surface area contributed by atoms with Crippen LogP contribution in [-0.4, -0.2) is 55.8 Å². The fourth-order valence-corrected chi connectivity index (χ4v) is 7.04. The number of hydrogen-bond donors (Lipinski definition) is 1. The molecule has 1 N–H and O–H groups in total. The van der Waals surface area contributed by atoms with Gasteiger partial charge in [0.2, 0.25) is 16.9 Å². The van der Waals surface area contributed by atoms with Gasteiger partial charge in [-0.3, -0.25) is 4.79 Å². The molecule has 0 amide bonds. The van der Waals surface area contributed by atoms with E-state index in [1.54, 1.807) is 28.6 Å². The molecular formula is C23H27FN2O5S. The van der Waals surface area contributed by atoms with E-state index in [4.69, 9.17) is 4.74 Å². The summed E-state index contributed by atoms with van der Waals surface area (Å²) in [6, 6.07) is 11.6. The van der Waals surface area contributed by atoms with Crippen molar-refractivity contribution in [1.82, 2.24) is 4.31 Å². The second kappa shape index (κ2) is 8.71. The number of ether oxygens (including phenoxy) is 1. The third kappa shape index (κ3) is 4.06. The number of nitrogens with zero attached hydrogens (tertiary/aromatic N) is 2. The van der Waals surface area contributed by atoms with Crippen molar-refractivity contribution in [3.8, 4) is 5.75 Å². The zero-order valence-electron chi connectivity index (χ0n) is 18.1. The highest BCUT2D eigenvalue weighted by Crippen LogP contribution is 2.36. The van der Waals surface area contributed by atoms with Crippen molar-refractivity contribution in [2.45, 2.75) is 43.7 Å². The monoisotopic (exact) mass is 462 g/mol. The standard InChI is InChI=1S/C23H27FN2O5S/c1-15-12-25(19-6-8-20(9-7-19)31-14-24)13-16(2)26(15)32(29,30)22-5-3-4-17-10-18(23(27)28)11-21(17)22/h3-9,15-16,18H,10-14H2,1-2H3,(H,27,28)/t15-,16+,18?. The van der Waals surface area contributed by atoms with Crippen LogP contribution in [0.2, 0.25) is 0 Å². The van der Waals surface area contributed by atoms with E-state index in [-0.39, 0.29) is 23.4 Å². The molecule has 2 aromatic carbocycles. The van der Waals surface area contributed by atoms with E-state index >= 15 is 0 Å². The van der Waals surface area contributed by atoms with E-state index in [2.05, 4.69) is 4.90 Å². The van der Waals surface area contributed by atoms with E-state index in [0.717, 1.165) is 11.3 Å². The van der Waals surface area contributed by atoms with Crippen LogP contribution in [0.1, 0.15) is 25.0 Å². The molecule has 1 fully saturated rings. The third-order valence-electron chi connectivity index (χ3n) is 6.31. The Kier molecular flexibility index (Phi) is 6.13. The quantitative estimate of drug-likeness (QED) is 0.710. The minimum atomic E-state index is -3.80. The molecule has 7 nitrogen and oxygen atoms in total. The van der Waals surface area contributed by atoms with Gasteiger partial charge in [0.25, 0.3) is 0 Å². The Labute approximate surface area is 187 Å². The normalized spacial score (nSPS) is 23.7. The highest BCUT2D eigenvalue weighted by molar-refractivity contribution is 7.89. The van der Waals surface area contributed by atoms with Crippen molar-refractivity contribution in [3.63, 3.8) is 0 Å². The zero-order chi connectivity index (χ0) is 23.0. The number of piperazine rings is 1. The predicted molar refractivity (Wildman–Crippen MR) is 118 cm³/mol. The number of fused-ring (bicyclic) bond motifs is 1. The molecule has 9 heteroatoms. The third-order valence-corrected chi connectivity index (χ3v) is 8.53. The number of carboxylic acid groups (broad SMARTS) is 1. The number of benzene rings is 2. The lowest BCUT2D eigenvalue weighted by Crippen LogP contribution is -2.58. The van der Waals surface area contributed by atoms with Crippen LogP contribution in [0.25, 0.3) is 0 Å². The Morgan fingerprint density at radius 2 is 1.75 bits per heavy atom. The molecule has 32 heavy (non-hydrogen) atoms. The molecule has 4 rings (SSSR count). The van der Waals surface area contributed by atoms with Gasteiger partial charge in [0.15, 0.2) is 0 Å². The van der Waals surface area contributed by atoms with E-state index in [0.29, 0.717) is 30.8 Å². The molecule has 0 aromatic heterocycles. The lowest BCUT2D eigenvalue weighted by Gasteiger charge is -2.44. The molecular weight excluding hydrogens is 435 g/mol. The molecule has 1 heterocycles. The van der Waals surface area contributed by atoms with Crippen LogP contribution in [0.4, 0.5) is 10.1 Å². The van der Waals surface area contributed by atoms with E-state index in [1.165, 1.54) is 0 Å². The van der Waals surface area contributed by atoms with Gasteiger partial charge >= 0.3 is 5.97 Å². The fourth-order valence-electron chi connectivity index (χ4n) is 4.96. The summed E-state index contributed by atoms with van der Waals surface area (Å²) in [4.78, 5) is 13.8. The molecule has 0 spiro atoms. The summed E-state index contributed by atoms with van der Waals surface area (Å²) < 4.78 is 46.2. The van der Waals surface area contributed by atoms with Crippen LogP contribution >= 0.6 is 0 Å². The van der Waals surface area contributed by atoms with E-state index in [1.807, 2.05) is 32.0 Å². The predicted octanol–water partition coefficient (Wildman–Crippen LogP) is 3.08. The van der Waals surface area contributed by atoms with Crippen LogP contribution in [0.3, 0.4) is 0 Å². The first-order valence-electron chi connectivity index (χ1n) is 10.6. The largest absolute Gasteiger partial charge is 0.481 e. The van der Waals surface area contributed by atoms with Crippen LogP contribution in [0.15, 0.2) is 47.4 Å². The summed E-state index contributed by atoms with van der Waals surface area (Å²) in [7, 11) is -3.80. The molecule has 1 unspecified atom stereocenters. The van der Waals surface area contributed by atoms with Gasteiger partial charge in [0.05, 0.1) is 10.8 Å². The van der Waals surface area contributed by atoms with Crippen LogP contribution < -0.4 is 9.64 Å². The molecule has 2 aliphatic rings. The average Bonchev–Trinajstić information content (AvgIpc) is 3.18. The van der Waals surface area contributed by atoms with Crippen LogP contribution in [0, 0.1) is 5.92 Å². The van der Waals surface area contributed by atoms with E-state index < -0.39 is 28.8 Å². The number of aliphatic carboxylic acids is 1. The second-order valence-electron chi connectivity index (χ2n) is 8.52. The molecule has 2 aromatic rings. The van der Waals surface area contributed by atoms with Crippen molar-refractivity contribution in [1.29, 1.82) is 0 Å². The number of rotatable bonds is 6. The molecule has 3 atom stereocenters. The van der Waals surface area contributed by atoms with Crippen LogP contribution in [-0.2, 0) is 27.7 Å². The Balaban J connectivity index is 1.58. The highest BCUT2D eigenvalue weighted by Gasteiger charge is 2.41. The van der Waals surface area contributed by atoms with Gasteiger partial charge in [-0.1, -0.05) is 12.1 Å². The Morgan fingerprint density at radius 1 is 1.09 bits per heavy atom. The first-order chi connectivity index (χ1) is 15.2. The molecule has 1 aliphatic heterocycles. The highest BCUT2D eigenvalue weighted by atomic mass is 32.2. The number of alkyl halides is 1. The number of carbonyl (C=O) groups is 1. The first kappa shape index (κ1) is 22.5. The molecule has 1 saturated heterocycles. The fraction of sp³-hybridized carbons (Fsp3) is 0.435. The maximum atomic E-state index is 13.7. The Hall–Kier alpha value is -2.65. The first-order valence-corrected chi connectivity index (χ1v) is 12.1. The minimum Gasteiger partial charge on any atom is -0.481 e. The molecule has 0 radical (unpaired) electrons. The minimum absolute atomic E-state index is 0.221. The van der Waals surface area contributed by atoms with Crippen molar-refractivity contribution in [3.05, 3.63) is 53.6 Å². The van der Waals surface area contributed by atoms with Gasteiger partial charge in [0, 0.05) is 30.9 Å². The van der Waals surface area contributed by atoms with E-state index in [9.17, 15) is 22.7 Å². The second-order valence-corrected chi connectivity index (χ2v) is 10.3. The van der Waals surface area contributed by atoms with Gasteiger partial charge < -0.3 is 14.7 Å². The summed E-state index contributed by atoms with van der Waals surface area (Å²) >= 11 is 0.